The van der Waals surface area contributed by atoms with Gasteiger partial charge in [-0.2, -0.15) is 0 Å². The van der Waals surface area contributed by atoms with Crippen LogP contribution in [-0.4, -0.2) is 37.0 Å². The molecule has 0 spiro atoms. The van der Waals surface area contributed by atoms with Gasteiger partial charge in [-0.25, -0.2) is 0 Å². The van der Waals surface area contributed by atoms with E-state index in [1.54, 1.807) is 0 Å². The zero-order valence-electron chi connectivity index (χ0n) is 10.3. The highest BCUT2D eigenvalue weighted by Crippen LogP contribution is 2.17. The minimum Gasteiger partial charge on any atom is -0.341 e. The van der Waals surface area contributed by atoms with Crippen LogP contribution in [0.25, 0.3) is 0 Å². The molecule has 3 nitrogen and oxygen atoms in total. The Bertz CT molecular complexity index is 200. The smallest absolute Gasteiger partial charge is 0.239 e. The van der Waals surface area contributed by atoms with E-state index in [0.29, 0.717) is 11.8 Å². The van der Waals surface area contributed by atoms with Crippen molar-refractivity contribution < 1.29 is 4.79 Å². The molecule has 1 aliphatic heterocycles. The molecule has 0 saturated carbocycles. The maximum atomic E-state index is 12.0. The Balaban J connectivity index is 2.27. The van der Waals surface area contributed by atoms with Crippen molar-refractivity contribution in [3.05, 3.63) is 0 Å². The summed E-state index contributed by atoms with van der Waals surface area (Å²) in [5, 5.41) is 3.13. The Morgan fingerprint density at radius 3 is 2.60 bits per heavy atom. The molecule has 15 heavy (non-hydrogen) atoms. The molecule has 88 valence electrons. The maximum absolute atomic E-state index is 12.0. The average Bonchev–Trinajstić information content (AvgIpc) is 2.19. The van der Waals surface area contributed by atoms with Crippen LogP contribution in [0.2, 0.25) is 0 Å². The Labute approximate surface area is 93.2 Å². The predicted molar refractivity (Wildman–Crippen MR) is 62.7 cm³/mol. The van der Waals surface area contributed by atoms with E-state index in [4.69, 9.17) is 0 Å². The standard InChI is InChI=1S/C12H24N2O/c1-4-5-6-7-11(13-3)12(15)14-8-10(2)9-14/h10-11,13H,4-9H2,1-3H3/t11-/m0/s1. The number of hydrogen-bond donors (Lipinski definition) is 1. The summed E-state index contributed by atoms with van der Waals surface area (Å²) in [6, 6.07) is 0.0454. The van der Waals surface area contributed by atoms with Gasteiger partial charge in [0, 0.05) is 13.1 Å². The minimum absolute atomic E-state index is 0.0454. The second-order valence-electron chi connectivity index (χ2n) is 4.69. The highest BCUT2D eigenvalue weighted by molar-refractivity contribution is 5.82. The van der Waals surface area contributed by atoms with Gasteiger partial charge in [-0.1, -0.05) is 33.1 Å². The Hall–Kier alpha value is -0.570. The lowest BCUT2D eigenvalue weighted by atomic mass is 9.99. The largest absolute Gasteiger partial charge is 0.341 e. The number of rotatable bonds is 6. The van der Waals surface area contributed by atoms with Crippen LogP contribution in [0.1, 0.15) is 39.5 Å². The van der Waals surface area contributed by atoms with E-state index in [1.165, 1.54) is 12.8 Å². The highest BCUT2D eigenvalue weighted by atomic mass is 16.2. The van der Waals surface area contributed by atoms with Gasteiger partial charge < -0.3 is 10.2 Å². The first-order chi connectivity index (χ1) is 7.19. The average molecular weight is 212 g/mol. The SMILES string of the molecule is CCCCC[C@H](NC)C(=O)N1CC(C)C1. The first-order valence-electron chi connectivity index (χ1n) is 6.15. The summed E-state index contributed by atoms with van der Waals surface area (Å²) >= 11 is 0. The van der Waals surface area contributed by atoms with Crippen molar-refractivity contribution in [3.8, 4) is 0 Å². The van der Waals surface area contributed by atoms with Crippen molar-refractivity contribution >= 4 is 5.91 Å². The van der Waals surface area contributed by atoms with Crippen molar-refractivity contribution in [2.24, 2.45) is 5.92 Å². The lowest BCUT2D eigenvalue weighted by Gasteiger charge is -2.39. The molecule has 3 heteroatoms. The number of unbranched alkanes of at least 4 members (excludes halogenated alkanes) is 2. The summed E-state index contributed by atoms with van der Waals surface area (Å²) in [7, 11) is 1.89. The molecule has 0 bridgehead atoms. The summed E-state index contributed by atoms with van der Waals surface area (Å²) in [5.74, 6) is 0.994. The molecule has 0 unspecified atom stereocenters. The van der Waals surface area contributed by atoms with E-state index < -0.39 is 0 Å². The molecule has 0 aromatic heterocycles. The summed E-state index contributed by atoms with van der Waals surface area (Å²) in [5.41, 5.74) is 0. The number of carbonyl (C=O) groups excluding carboxylic acids is 1. The Kier molecular flexibility index (Phi) is 5.09. The monoisotopic (exact) mass is 212 g/mol. The zero-order valence-corrected chi connectivity index (χ0v) is 10.3. The molecule has 1 aliphatic rings. The van der Waals surface area contributed by atoms with Gasteiger partial charge in [0.15, 0.2) is 0 Å². The molecule has 1 atom stereocenters. The van der Waals surface area contributed by atoms with Gasteiger partial charge in [-0.3, -0.25) is 4.79 Å². The normalized spacial score (nSPS) is 18.7. The summed E-state index contributed by atoms with van der Waals surface area (Å²) < 4.78 is 0. The minimum atomic E-state index is 0.0454. The van der Waals surface area contributed by atoms with Crippen molar-refractivity contribution in [2.75, 3.05) is 20.1 Å². The van der Waals surface area contributed by atoms with Crippen LogP contribution in [0.3, 0.4) is 0 Å². The van der Waals surface area contributed by atoms with Crippen molar-refractivity contribution in [1.82, 2.24) is 10.2 Å². The molecule has 1 rings (SSSR count). The molecule has 1 fully saturated rings. The second-order valence-corrected chi connectivity index (χ2v) is 4.69. The highest BCUT2D eigenvalue weighted by Gasteiger charge is 2.30. The van der Waals surface area contributed by atoms with Crippen LogP contribution in [0, 0.1) is 5.92 Å². The molecule has 1 N–H and O–H groups in total. The fourth-order valence-corrected chi connectivity index (χ4v) is 2.09. The molecular formula is C12H24N2O. The summed E-state index contributed by atoms with van der Waals surface area (Å²) in [4.78, 5) is 13.9. The van der Waals surface area contributed by atoms with E-state index in [9.17, 15) is 4.79 Å². The third-order valence-electron chi connectivity index (χ3n) is 3.12. The quantitative estimate of drug-likeness (QED) is 0.679. The van der Waals surface area contributed by atoms with E-state index in [2.05, 4.69) is 19.2 Å². The molecule has 1 heterocycles. The molecule has 0 radical (unpaired) electrons. The number of nitrogens with zero attached hydrogens (tertiary/aromatic N) is 1. The lowest BCUT2D eigenvalue weighted by Crippen LogP contribution is -2.54. The van der Waals surface area contributed by atoms with E-state index in [1.807, 2.05) is 11.9 Å². The molecule has 0 aromatic carbocycles. The first-order valence-corrected chi connectivity index (χ1v) is 6.15. The molecule has 0 aromatic rings. The lowest BCUT2D eigenvalue weighted by molar-refractivity contribution is -0.139. The van der Waals surface area contributed by atoms with Gasteiger partial charge in [0.05, 0.1) is 6.04 Å². The summed E-state index contributed by atoms with van der Waals surface area (Å²) in [6.45, 7) is 6.28. The van der Waals surface area contributed by atoms with Gasteiger partial charge in [0.25, 0.3) is 0 Å². The predicted octanol–water partition coefficient (Wildman–Crippen LogP) is 1.63. The maximum Gasteiger partial charge on any atom is 0.239 e. The fourth-order valence-electron chi connectivity index (χ4n) is 2.09. The molecule has 1 amide bonds. The van der Waals surface area contributed by atoms with Gasteiger partial charge in [-0.15, -0.1) is 0 Å². The number of likely N-dealkylation sites (N-methyl/N-ethyl adjacent to an activating group) is 1. The van der Waals surface area contributed by atoms with E-state index in [-0.39, 0.29) is 6.04 Å². The fraction of sp³-hybridized carbons (Fsp3) is 0.917. The van der Waals surface area contributed by atoms with Crippen LogP contribution < -0.4 is 5.32 Å². The number of hydrogen-bond acceptors (Lipinski definition) is 2. The van der Waals surface area contributed by atoms with Crippen LogP contribution >= 0.6 is 0 Å². The van der Waals surface area contributed by atoms with Crippen LogP contribution in [0.15, 0.2) is 0 Å². The van der Waals surface area contributed by atoms with Crippen LogP contribution in [0.4, 0.5) is 0 Å². The first kappa shape index (κ1) is 12.5. The summed E-state index contributed by atoms with van der Waals surface area (Å²) in [6.07, 6.45) is 4.57. The van der Waals surface area contributed by atoms with Gasteiger partial charge >= 0.3 is 0 Å². The zero-order chi connectivity index (χ0) is 11.3. The van der Waals surface area contributed by atoms with E-state index in [0.717, 1.165) is 25.9 Å². The van der Waals surface area contributed by atoms with Crippen molar-refractivity contribution in [3.63, 3.8) is 0 Å². The number of carbonyl (C=O) groups is 1. The van der Waals surface area contributed by atoms with Gasteiger partial charge in [0.2, 0.25) is 5.91 Å². The van der Waals surface area contributed by atoms with Gasteiger partial charge in [-0.05, 0) is 19.4 Å². The number of likely N-dealkylation sites (tertiary alicyclic amines) is 1. The van der Waals surface area contributed by atoms with Gasteiger partial charge in [0.1, 0.15) is 0 Å². The third kappa shape index (κ3) is 3.49. The Morgan fingerprint density at radius 2 is 2.13 bits per heavy atom. The molecule has 1 saturated heterocycles. The van der Waals surface area contributed by atoms with Crippen molar-refractivity contribution in [1.29, 1.82) is 0 Å². The number of amides is 1. The topological polar surface area (TPSA) is 32.3 Å². The molecule has 0 aliphatic carbocycles. The van der Waals surface area contributed by atoms with E-state index >= 15 is 0 Å². The Morgan fingerprint density at radius 1 is 1.47 bits per heavy atom. The number of nitrogens with one attached hydrogen (secondary N) is 1. The third-order valence-corrected chi connectivity index (χ3v) is 3.12. The second kappa shape index (κ2) is 6.11. The van der Waals surface area contributed by atoms with Crippen LogP contribution in [-0.2, 0) is 4.79 Å². The molecular weight excluding hydrogens is 188 g/mol. The van der Waals surface area contributed by atoms with Crippen molar-refractivity contribution in [2.45, 2.75) is 45.6 Å². The van der Waals surface area contributed by atoms with Crippen LogP contribution in [0.5, 0.6) is 0 Å².